The van der Waals surface area contributed by atoms with Crippen LogP contribution < -0.4 is 5.32 Å². The highest BCUT2D eigenvalue weighted by molar-refractivity contribution is 5.73. The molecular weight excluding hydrogens is 204 g/mol. The minimum absolute atomic E-state index is 0.200. The summed E-state index contributed by atoms with van der Waals surface area (Å²) in [6.45, 7) is 6.43. The van der Waals surface area contributed by atoms with E-state index in [2.05, 4.69) is 12.2 Å². The van der Waals surface area contributed by atoms with Crippen molar-refractivity contribution in [2.45, 2.75) is 45.2 Å². The number of nitrogens with one attached hydrogen (secondary N) is 1. The lowest BCUT2D eigenvalue weighted by Gasteiger charge is -2.33. The standard InChI is InChI=1S/C12H24N2O2/c1-10(6-9-16-3)13-12-4-7-14(8-5-12)11(2)15/h10,12-13H,4-9H2,1-3H3. The van der Waals surface area contributed by atoms with Gasteiger partial charge in [0, 0.05) is 45.8 Å². The average Bonchev–Trinajstić information content (AvgIpc) is 2.27. The molecule has 1 atom stereocenters. The number of amides is 1. The maximum absolute atomic E-state index is 11.2. The highest BCUT2D eigenvalue weighted by Gasteiger charge is 2.21. The Kier molecular flexibility index (Phi) is 5.77. The number of nitrogens with zero attached hydrogens (tertiary/aromatic N) is 1. The zero-order valence-electron chi connectivity index (χ0n) is 10.7. The van der Waals surface area contributed by atoms with Gasteiger partial charge in [-0.25, -0.2) is 0 Å². The van der Waals surface area contributed by atoms with Gasteiger partial charge in [-0.2, -0.15) is 0 Å². The van der Waals surface area contributed by atoms with Gasteiger partial charge in [0.05, 0.1) is 0 Å². The van der Waals surface area contributed by atoms with Crippen LogP contribution in [-0.2, 0) is 9.53 Å². The number of hydrogen-bond acceptors (Lipinski definition) is 3. The van der Waals surface area contributed by atoms with Gasteiger partial charge in [-0.3, -0.25) is 4.79 Å². The molecule has 0 aromatic carbocycles. The van der Waals surface area contributed by atoms with Crippen molar-refractivity contribution in [1.82, 2.24) is 10.2 Å². The molecule has 1 N–H and O–H groups in total. The molecule has 0 bridgehead atoms. The maximum Gasteiger partial charge on any atom is 0.219 e. The molecule has 0 aliphatic carbocycles. The number of likely N-dealkylation sites (tertiary alicyclic amines) is 1. The predicted octanol–water partition coefficient (Wildman–Crippen LogP) is 1.01. The first kappa shape index (κ1) is 13.5. The monoisotopic (exact) mass is 228 g/mol. The summed E-state index contributed by atoms with van der Waals surface area (Å²) in [5.41, 5.74) is 0. The van der Waals surface area contributed by atoms with Crippen LogP contribution in [0.4, 0.5) is 0 Å². The van der Waals surface area contributed by atoms with Crippen LogP contribution in [0.1, 0.15) is 33.1 Å². The Morgan fingerprint density at radius 3 is 2.62 bits per heavy atom. The Morgan fingerprint density at radius 1 is 1.50 bits per heavy atom. The van der Waals surface area contributed by atoms with E-state index in [0.29, 0.717) is 12.1 Å². The molecule has 0 saturated carbocycles. The topological polar surface area (TPSA) is 41.6 Å². The van der Waals surface area contributed by atoms with E-state index in [1.54, 1.807) is 14.0 Å². The number of methoxy groups -OCH3 is 1. The second kappa shape index (κ2) is 6.86. The van der Waals surface area contributed by atoms with E-state index in [1.807, 2.05) is 4.90 Å². The molecule has 1 unspecified atom stereocenters. The molecule has 1 saturated heterocycles. The first-order valence-electron chi connectivity index (χ1n) is 6.14. The van der Waals surface area contributed by atoms with E-state index in [1.165, 1.54) is 0 Å². The first-order valence-corrected chi connectivity index (χ1v) is 6.14. The molecule has 0 spiro atoms. The van der Waals surface area contributed by atoms with Gasteiger partial charge >= 0.3 is 0 Å². The van der Waals surface area contributed by atoms with E-state index < -0.39 is 0 Å². The third-order valence-electron chi connectivity index (χ3n) is 3.22. The Bertz CT molecular complexity index is 213. The fourth-order valence-corrected chi connectivity index (χ4v) is 2.14. The van der Waals surface area contributed by atoms with Crippen molar-refractivity contribution in [2.24, 2.45) is 0 Å². The van der Waals surface area contributed by atoms with Gasteiger partial charge < -0.3 is 15.0 Å². The van der Waals surface area contributed by atoms with Crippen LogP contribution in [0, 0.1) is 0 Å². The summed E-state index contributed by atoms with van der Waals surface area (Å²) in [7, 11) is 1.73. The number of rotatable bonds is 5. The molecule has 1 amide bonds. The minimum atomic E-state index is 0.200. The van der Waals surface area contributed by atoms with Crippen molar-refractivity contribution in [3.8, 4) is 0 Å². The van der Waals surface area contributed by atoms with E-state index in [-0.39, 0.29) is 5.91 Å². The van der Waals surface area contributed by atoms with E-state index in [9.17, 15) is 4.79 Å². The first-order chi connectivity index (χ1) is 7.63. The van der Waals surface area contributed by atoms with Gasteiger partial charge in [0.25, 0.3) is 0 Å². The lowest BCUT2D eigenvalue weighted by molar-refractivity contribution is -0.129. The number of piperidine rings is 1. The van der Waals surface area contributed by atoms with Gasteiger partial charge in [-0.1, -0.05) is 0 Å². The minimum Gasteiger partial charge on any atom is -0.385 e. The van der Waals surface area contributed by atoms with E-state index >= 15 is 0 Å². The van der Waals surface area contributed by atoms with Gasteiger partial charge in [0.2, 0.25) is 5.91 Å². The lowest BCUT2D eigenvalue weighted by Crippen LogP contribution is -2.46. The Morgan fingerprint density at radius 2 is 2.12 bits per heavy atom. The van der Waals surface area contributed by atoms with Crippen molar-refractivity contribution in [3.05, 3.63) is 0 Å². The normalized spacial score (nSPS) is 19.8. The summed E-state index contributed by atoms with van der Waals surface area (Å²) >= 11 is 0. The second-order valence-corrected chi connectivity index (χ2v) is 4.63. The van der Waals surface area contributed by atoms with Crippen LogP contribution in [0.5, 0.6) is 0 Å². The van der Waals surface area contributed by atoms with Crippen molar-refractivity contribution in [1.29, 1.82) is 0 Å². The predicted molar refractivity (Wildman–Crippen MR) is 64.4 cm³/mol. The van der Waals surface area contributed by atoms with E-state index in [0.717, 1.165) is 39.0 Å². The molecular formula is C12H24N2O2. The number of carbonyl (C=O) groups is 1. The Hall–Kier alpha value is -0.610. The summed E-state index contributed by atoms with van der Waals surface area (Å²) < 4.78 is 5.06. The maximum atomic E-state index is 11.2. The second-order valence-electron chi connectivity index (χ2n) is 4.63. The molecule has 4 nitrogen and oxygen atoms in total. The van der Waals surface area contributed by atoms with Gasteiger partial charge in [0.1, 0.15) is 0 Å². The van der Waals surface area contributed by atoms with Crippen LogP contribution in [0.25, 0.3) is 0 Å². The summed E-state index contributed by atoms with van der Waals surface area (Å²) in [6.07, 6.45) is 3.18. The number of carbonyl (C=O) groups excluding carboxylic acids is 1. The summed E-state index contributed by atoms with van der Waals surface area (Å²) in [5.74, 6) is 0.200. The summed E-state index contributed by atoms with van der Waals surface area (Å²) in [6, 6.07) is 1.05. The van der Waals surface area contributed by atoms with Crippen LogP contribution in [0.15, 0.2) is 0 Å². The van der Waals surface area contributed by atoms with Crippen LogP contribution in [-0.4, -0.2) is 49.7 Å². The smallest absolute Gasteiger partial charge is 0.219 e. The molecule has 94 valence electrons. The highest BCUT2D eigenvalue weighted by atomic mass is 16.5. The van der Waals surface area contributed by atoms with Gasteiger partial charge in [0.15, 0.2) is 0 Å². The molecule has 1 heterocycles. The lowest BCUT2D eigenvalue weighted by atomic mass is 10.0. The Labute approximate surface area is 98.3 Å². The number of hydrogen-bond donors (Lipinski definition) is 1. The SMILES string of the molecule is COCCC(C)NC1CCN(C(C)=O)CC1. The summed E-state index contributed by atoms with van der Waals surface area (Å²) in [4.78, 5) is 13.1. The van der Waals surface area contributed by atoms with Crippen LogP contribution >= 0.6 is 0 Å². The van der Waals surface area contributed by atoms with Gasteiger partial charge in [-0.05, 0) is 26.2 Å². The third-order valence-corrected chi connectivity index (χ3v) is 3.22. The molecule has 1 fully saturated rings. The molecule has 16 heavy (non-hydrogen) atoms. The summed E-state index contributed by atoms with van der Waals surface area (Å²) in [5, 5.41) is 3.60. The number of ether oxygens (including phenoxy) is 1. The van der Waals surface area contributed by atoms with Crippen LogP contribution in [0.3, 0.4) is 0 Å². The third kappa shape index (κ3) is 4.49. The Balaban J connectivity index is 2.18. The van der Waals surface area contributed by atoms with Crippen molar-refractivity contribution >= 4 is 5.91 Å². The zero-order chi connectivity index (χ0) is 12.0. The van der Waals surface area contributed by atoms with Crippen molar-refractivity contribution in [2.75, 3.05) is 26.8 Å². The molecule has 1 rings (SSSR count). The quantitative estimate of drug-likeness (QED) is 0.763. The molecule has 4 heteroatoms. The molecule has 0 aromatic heterocycles. The molecule has 0 aromatic rings. The molecule has 1 aliphatic rings. The van der Waals surface area contributed by atoms with Crippen molar-refractivity contribution < 1.29 is 9.53 Å². The molecule has 0 radical (unpaired) electrons. The highest BCUT2D eigenvalue weighted by Crippen LogP contribution is 2.11. The van der Waals surface area contributed by atoms with Crippen LogP contribution in [0.2, 0.25) is 0 Å². The fraction of sp³-hybridized carbons (Fsp3) is 0.917. The fourth-order valence-electron chi connectivity index (χ4n) is 2.14. The molecule has 1 aliphatic heterocycles. The van der Waals surface area contributed by atoms with Crippen molar-refractivity contribution in [3.63, 3.8) is 0 Å². The zero-order valence-corrected chi connectivity index (χ0v) is 10.7. The largest absolute Gasteiger partial charge is 0.385 e. The van der Waals surface area contributed by atoms with E-state index in [4.69, 9.17) is 4.74 Å². The average molecular weight is 228 g/mol. The van der Waals surface area contributed by atoms with Gasteiger partial charge in [-0.15, -0.1) is 0 Å².